The van der Waals surface area contributed by atoms with Crippen molar-refractivity contribution in [3.05, 3.63) is 52.3 Å². The van der Waals surface area contributed by atoms with Crippen molar-refractivity contribution in [2.45, 2.75) is 13.5 Å². The van der Waals surface area contributed by atoms with Crippen molar-refractivity contribution < 1.29 is 23.4 Å². The highest BCUT2D eigenvalue weighted by Crippen LogP contribution is 2.28. The zero-order valence-electron chi connectivity index (χ0n) is 14.9. The van der Waals surface area contributed by atoms with Gasteiger partial charge in [0.2, 0.25) is 0 Å². The van der Waals surface area contributed by atoms with E-state index in [-0.39, 0.29) is 18.3 Å². The third-order valence-corrected chi connectivity index (χ3v) is 4.29. The predicted molar refractivity (Wildman–Crippen MR) is 100 cm³/mol. The van der Waals surface area contributed by atoms with Crippen molar-refractivity contribution in [2.75, 3.05) is 27.4 Å². The Morgan fingerprint density at radius 3 is 2.38 bits per heavy atom. The monoisotopic (exact) mass is 425 g/mol. The maximum absolute atomic E-state index is 13.8. The van der Waals surface area contributed by atoms with Crippen molar-refractivity contribution in [1.29, 1.82) is 0 Å². The van der Waals surface area contributed by atoms with E-state index in [9.17, 15) is 9.18 Å². The number of ether oxygens (including phenoxy) is 3. The minimum absolute atomic E-state index is 0.0451. The Balaban J connectivity index is 2.02. The summed E-state index contributed by atoms with van der Waals surface area (Å²) < 4.78 is 30.2. The Kier molecular flexibility index (Phi) is 7.26. The van der Waals surface area contributed by atoms with E-state index in [1.54, 1.807) is 31.3 Å². The first-order valence-corrected chi connectivity index (χ1v) is 8.84. The van der Waals surface area contributed by atoms with Crippen LogP contribution in [0.15, 0.2) is 40.9 Å². The van der Waals surface area contributed by atoms with Crippen molar-refractivity contribution in [3.63, 3.8) is 0 Å². The minimum Gasteiger partial charge on any atom is -0.493 e. The normalized spacial score (nSPS) is 10.3. The number of carbonyl (C=O) groups is 1. The molecule has 1 amide bonds. The summed E-state index contributed by atoms with van der Waals surface area (Å²) in [5.74, 6) is 0.518. The number of rotatable bonds is 8. The molecule has 0 aliphatic rings. The van der Waals surface area contributed by atoms with Crippen LogP contribution in [0.3, 0.4) is 0 Å². The molecular weight excluding hydrogens is 405 g/mol. The van der Waals surface area contributed by atoms with Gasteiger partial charge in [0.25, 0.3) is 5.91 Å². The van der Waals surface area contributed by atoms with Crippen LogP contribution >= 0.6 is 15.9 Å². The molecule has 0 saturated heterocycles. The van der Waals surface area contributed by atoms with E-state index in [0.717, 1.165) is 5.56 Å². The van der Waals surface area contributed by atoms with Crippen LogP contribution in [0, 0.1) is 5.82 Å². The summed E-state index contributed by atoms with van der Waals surface area (Å²) >= 11 is 3.18. The summed E-state index contributed by atoms with van der Waals surface area (Å²) in [6.07, 6.45) is 0. The molecule has 0 unspecified atom stereocenters. The van der Waals surface area contributed by atoms with Gasteiger partial charge in [0.1, 0.15) is 0 Å². The molecule has 0 fully saturated rings. The quantitative estimate of drug-likeness (QED) is 0.640. The van der Waals surface area contributed by atoms with Crippen LogP contribution in [0.1, 0.15) is 12.5 Å². The molecule has 0 saturated carbocycles. The number of halogens is 2. The van der Waals surface area contributed by atoms with E-state index < -0.39 is 5.82 Å². The van der Waals surface area contributed by atoms with Crippen molar-refractivity contribution in [3.8, 4) is 17.2 Å². The second-order valence-corrected chi connectivity index (χ2v) is 6.38. The summed E-state index contributed by atoms with van der Waals surface area (Å²) in [6, 6.07) is 9.92. The molecule has 5 nitrogen and oxygen atoms in total. The number of hydrogen-bond acceptors (Lipinski definition) is 4. The highest BCUT2D eigenvalue weighted by atomic mass is 79.9. The molecule has 2 rings (SSSR count). The first-order valence-electron chi connectivity index (χ1n) is 8.05. The first-order chi connectivity index (χ1) is 12.5. The lowest BCUT2D eigenvalue weighted by molar-refractivity contribution is -0.133. The molecule has 0 aromatic heterocycles. The maximum atomic E-state index is 13.8. The zero-order chi connectivity index (χ0) is 19.1. The average molecular weight is 426 g/mol. The fourth-order valence-electron chi connectivity index (χ4n) is 2.40. The first kappa shape index (κ1) is 20.0. The molecule has 7 heteroatoms. The van der Waals surface area contributed by atoms with E-state index in [1.165, 1.54) is 12.1 Å². The fraction of sp³-hybridized carbons (Fsp3) is 0.316. The molecule has 2 aromatic carbocycles. The summed E-state index contributed by atoms with van der Waals surface area (Å²) in [5, 5.41) is 0. The lowest BCUT2D eigenvalue weighted by Gasteiger charge is -2.22. The van der Waals surface area contributed by atoms with Gasteiger partial charge in [0.15, 0.2) is 29.7 Å². The Labute approximate surface area is 160 Å². The largest absolute Gasteiger partial charge is 0.493 e. The molecule has 0 aliphatic heterocycles. The van der Waals surface area contributed by atoms with Crippen molar-refractivity contribution in [1.82, 2.24) is 4.90 Å². The van der Waals surface area contributed by atoms with E-state index in [4.69, 9.17) is 14.2 Å². The zero-order valence-corrected chi connectivity index (χ0v) is 16.5. The summed E-state index contributed by atoms with van der Waals surface area (Å²) in [6.45, 7) is 2.53. The smallest absolute Gasteiger partial charge is 0.260 e. The Morgan fingerprint density at radius 1 is 1.08 bits per heavy atom. The maximum Gasteiger partial charge on any atom is 0.260 e. The highest BCUT2D eigenvalue weighted by molar-refractivity contribution is 9.10. The molecule has 0 atom stereocenters. The van der Waals surface area contributed by atoms with E-state index in [1.807, 2.05) is 19.1 Å². The van der Waals surface area contributed by atoms with Gasteiger partial charge in [-0.1, -0.05) is 22.0 Å². The van der Waals surface area contributed by atoms with Crippen LogP contribution in [0.5, 0.6) is 17.2 Å². The van der Waals surface area contributed by atoms with Gasteiger partial charge in [-0.15, -0.1) is 0 Å². The third kappa shape index (κ3) is 5.11. The summed E-state index contributed by atoms with van der Waals surface area (Å²) in [4.78, 5) is 14.0. The van der Waals surface area contributed by atoms with Crippen LogP contribution in [-0.2, 0) is 11.3 Å². The molecule has 26 heavy (non-hydrogen) atoms. The van der Waals surface area contributed by atoms with Gasteiger partial charge >= 0.3 is 0 Å². The molecule has 0 bridgehead atoms. The molecule has 2 aromatic rings. The minimum atomic E-state index is -0.518. The molecule has 0 radical (unpaired) electrons. The Hall–Kier alpha value is -2.28. The average Bonchev–Trinajstić information content (AvgIpc) is 2.64. The number of likely N-dealkylation sites (N-methyl/N-ethyl adjacent to an activating group) is 1. The van der Waals surface area contributed by atoms with Gasteiger partial charge in [-0.25, -0.2) is 4.39 Å². The number of methoxy groups -OCH3 is 2. The molecule has 0 heterocycles. The third-order valence-electron chi connectivity index (χ3n) is 3.80. The molecule has 0 N–H and O–H groups in total. The standard InChI is InChI=1S/C19H21BrFNO4/c1-4-22(11-13-5-7-17(24-2)18(9-13)25-3)19(23)12-26-16-8-6-14(20)10-15(16)21/h5-10H,4,11-12H2,1-3H3. The SMILES string of the molecule is CCN(Cc1ccc(OC)c(OC)c1)C(=O)COc1ccc(Br)cc1F. The van der Waals surface area contributed by atoms with E-state index >= 15 is 0 Å². The topological polar surface area (TPSA) is 48.0 Å². The second kappa shape index (κ2) is 9.43. The van der Waals surface area contributed by atoms with Crippen LogP contribution < -0.4 is 14.2 Å². The number of benzene rings is 2. The van der Waals surface area contributed by atoms with Crippen molar-refractivity contribution >= 4 is 21.8 Å². The van der Waals surface area contributed by atoms with Gasteiger partial charge in [-0.3, -0.25) is 4.79 Å². The summed E-state index contributed by atoms with van der Waals surface area (Å²) in [7, 11) is 3.13. The number of carbonyl (C=O) groups excluding carboxylic acids is 1. The second-order valence-electron chi connectivity index (χ2n) is 5.46. The summed E-state index contributed by atoms with van der Waals surface area (Å²) in [5.41, 5.74) is 0.896. The molecule has 0 aliphatic carbocycles. The van der Waals surface area contributed by atoms with Gasteiger partial charge in [0.05, 0.1) is 14.2 Å². The van der Waals surface area contributed by atoms with Gasteiger partial charge in [0, 0.05) is 17.6 Å². The van der Waals surface area contributed by atoms with Crippen molar-refractivity contribution in [2.24, 2.45) is 0 Å². The van der Waals surface area contributed by atoms with Crippen LogP contribution in [0.2, 0.25) is 0 Å². The molecular formula is C19H21BrFNO4. The lowest BCUT2D eigenvalue weighted by atomic mass is 10.2. The fourth-order valence-corrected chi connectivity index (χ4v) is 2.73. The number of hydrogen-bond donors (Lipinski definition) is 0. The van der Waals surface area contributed by atoms with Crippen LogP contribution in [0.4, 0.5) is 4.39 Å². The number of amides is 1. The van der Waals surface area contributed by atoms with E-state index in [0.29, 0.717) is 29.1 Å². The molecule has 0 spiro atoms. The van der Waals surface area contributed by atoms with Crippen LogP contribution in [-0.4, -0.2) is 38.2 Å². The highest BCUT2D eigenvalue weighted by Gasteiger charge is 2.15. The Morgan fingerprint density at radius 2 is 1.77 bits per heavy atom. The van der Waals surface area contributed by atoms with Gasteiger partial charge in [-0.2, -0.15) is 0 Å². The molecule has 140 valence electrons. The lowest BCUT2D eigenvalue weighted by Crippen LogP contribution is -2.34. The number of nitrogens with zero attached hydrogens (tertiary/aromatic N) is 1. The van der Waals surface area contributed by atoms with Gasteiger partial charge in [-0.05, 0) is 42.8 Å². The predicted octanol–water partition coefficient (Wildman–Crippen LogP) is 4.03. The van der Waals surface area contributed by atoms with Gasteiger partial charge < -0.3 is 19.1 Å². The Bertz CT molecular complexity index is 769. The van der Waals surface area contributed by atoms with E-state index in [2.05, 4.69) is 15.9 Å². The van der Waals surface area contributed by atoms with Crippen LogP contribution in [0.25, 0.3) is 0 Å².